The van der Waals surface area contributed by atoms with Crippen LogP contribution in [0.3, 0.4) is 0 Å². The molecule has 0 saturated heterocycles. The number of aliphatic hydroxyl groups is 1. The fraction of sp³-hybridized carbons (Fsp3) is 0.571. The SMILES string of the molecule is CCC(C)(CCO)Nc1nc(C)cc(C)c1C#N. The Bertz CT molecular complexity index is 465. The molecule has 4 nitrogen and oxygen atoms in total. The van der Waals surface area contributed by atoms with Crippen LogP contribution in [0.1, 0.15) is 43.5 Å². The number of nitriles is 1. The van der Waals surface area contributed by atoms with Crippen molar-refractivity contribution in [3.63, 3.8) is 0 Å². The van der Waals surface area contributed by atoms with Crippen LogP contribution in [0.5, 0.6) is 0 Å². The van der Waals surface area contributed by atoms with Gasteiger partial charge in [-0.2, -0.15) is 5.26 Å². The molecule has 98 valence electrons. The summed E-state index contributed by atoms with van der Waals surface area (Å²) in [5.41, 5.74) is 2.15. The predicted molar refractivity (Wildman–Crippen MR) is 72.4 cm³/mol. The first-order valence-corrected chi connectivity index (χ1v) is 6.23. The summed E-state index contributed by atoms with van der Waals surface area (Å²) in [6.07, 6.45) is 1.48. The molecule has 0 fully saturated rings. The highest BCUT2D eigenvalue weighted by Crippen LogP contribution is 2.25. The molecule has 1 atom stereocenters. The van der Waals surface area contributed by atoms with E-state index in [0.29, 0.717) is 17.8 Å². The number of hydrogen-bond acceptors (Lipinski definition) is 4. The third-order valence-corrected chi connectivity index (χ3v) is 3.32. The second-order valence-electron chi connectivity index (χ2n) is 4.93. The minimum absolute atomic E-state index is 0.115. The maximum atomic E-state index is 9.21. The third kappa shape index (κ3) is 3.21. The van der Waals surface area contributed by atoms with E-state index in [2.05, 4.69) is 23.3 Å². The first-order valence-electron chi connectivity index (χ1n) is 6.23. The van der Waals surface area contributed by atoms with Crippen LogP contribution >= 0.6 is 0 Å². The minimum Gasteiger partial charge on any atom is -0.396 e. The highest BCUT2D eigenvalue weighted by molar-refractivity contribution is 5.57. The summed E-state index contributed by atoms with van der Waals surface area (Å²) < 4.78 is 0. The number of pyridine rings is 1. The zero-order chi connectivity index (χ0) is 13.8. The van der Waals surface area contributed by atoms with Gasteiger partial charge in [-0.05, 0) is 45.2 Å². The van der Waals surface area contributed by atoms with Crippen molar-refractivity contribution >= 4 is 5.82 Å². The number of aryl methyl sites for hydroxylation is 2. The summed E-state index contributed by atoms with van der Waals surface area (Å²) in [7, 11) is 0. The Labute approximate surface area is 109 Å². The second-order valence-corrected chi connectivity index (χ2v) is 4.93. The molecule has 0 aliphatic rings. The lowest BCUT2D eigenvalue weighted by atomic mass is 9.94. The largest absolute Gasteiger partial charge is 0.396 e. The first kappa shape index (κ1) is 14.5. The van der Waals surface area contributed by atoms with Crippen molar-refractivity contribution in [1.82, 2.24) is 4.98 Å². The lowest BCUT2D eigenvalue weighted by Crippen LogP contribution is -2.35. The number of anilines is 1. The Kier molecular flexibility index (Phi) is 4.69. The molecule has 1 heterocycles. The van der Waals surface area contributed by atoms with Crippen molar-refractivity contribution in [3.8, 4) is 6.07 Å². The average molecular weight is 247 g/mol. The number of nitrogens with one attached hydrogen (secondary N) is 1. The zero-order valence-electron chi connectivity index (χ0n) is 11.5. The molecule has 0 bridgehead atoms. The number of aromatic nitrogens is 1. The van der Waals surface area contributed by atoms with Crippen LogP contribution in [0.25, 0.3) is 0 Å². The van der Waals surface area contributed by atoms with Gasteiger partial charge in [-0.1, -0.05) is 6.92 Å². The second kappa shape index (κ2) is 5.83. The van der Waals surface area contributed by atoms with E-state index in [4.69, 9.17) is 5.11 Å². The molecule has 0 aliphatic heterocycles. The molecule has 1 rings (SSSR count). The smallest absolute Gasteiger partial charge is 0.144 e. The van der Waals surface area contributed by atoms with Crippen molar-refractivity contribution in [2.45, 2.75) is 46.1 Å². The number of nitrogens with zero attached hydrogens (tertiary/aromatic N) is 2. The predicted octanol–water partition coefficient (Wildman–Crippen LogP) is 2.53. The molecule has 18 heavy (non-hydrogen) atoms. The van der Waals surface area contributed by atoms with Crippen LogP contribution in [-0.4, -0.2) is 22.2 Å². The summed E-state index contributed by atoms with van der Waals surface area (Å²) in [4.78, 5) is 4.40. The van der Waals surface area contributed by atoms with Crippen LogP contribution in [0.2, 0.25) is 0 Å². The van der Waals surface area contributed by atoms with Gasteiger partial charge in [0.15, 0.2) is 0 Å². The zero-order valence-corrected chi connectivity index (χ0v) is 11.5. The Hall–Kier alpha value is -1.60. The number of hydrogen-bond donors (Lipinski definition) is 2. The molecule has 0 amide bonds. The maximum absolute atomic E-state index is 9.21. The third-order valence-electron chi connectivity index (χ3n) is 3.32. The van der Waals surface area contributed by atoms with E-state index in [9.17, 15) is 5.26 Å². The van der Waals surface area contributed by atoms with E-state index in [-0.39, 0.29) is 12.1 Å². The van der Waals surface area contributed by atoms with Gasteiger partial charge in [0.2, 0.25) is 0 Å². The molecule has 2 N–H and O–H groups in total. The molecule has 0 spiro atoms. The monoisotopic (exact) mass is 247 g/mol. The Morgan fingerprint density at radius 1 is 1.50 bits per heavy atom. The molecule has 1 aromatic heterocycles. The normalized spacial score (nSPS) is 13.8. The summed E-state index contributed by atoms with van der Waals surface area (Å²) >= 11 is 0. The van der Waals surface area contributed by atoms with E-state index in [1.165, 1.54) is 0 Å². The van der Waals surface area contributed by atoms with Gasteiger partial charge in [0, 0.05) is 17.8 Å². The average Bonchev–Trinajstić information content (AvgIpc) is 2.28. The highest BCUT2D eigenvalue weighted by Gasteiger charge is 2.23. The van der Waals surface area contributed by atoms with E-state index in [0.717, 1.165) is 17.7 Å². The van der Waals surface area contributed by atoms with Gasteiger partial charge in [-0.3, -0.25) is 0 Å². The molecule has 0 aliphatic carbocycles. The maximum Gasteiger partial charge on any atom is 0.144 e. The molecule has 0 aromatic carbocycles. The van der Waals surface area contributed by atoms with Crippen molar-refractivity contribution < 1.29 is 5.11 Å². The molecule has 1 unspecified atom stereocenters. The number of rotatable bonds is 5. The van der Waals surface area contributed by atoms with Crippen LogP contribution in [0.4, 0.5) is 5.82 Å². The van der Waals surface area contributed by atoms with Gasteiger partial charge in [-0.15, -0.1) is 0 Å². The van der Waals surface area contributed by atoms with Gasteiger partial charge < -0.3 is 10.4 Å². The summed E-state index contributed by atoms with van der Waals surface area (Å²) in [5.74, 6) is 0.618. The summed E-state index contributed by atoms with van der Waals surface area (Å²) in [5, 5.41) is 21.6. The fourth-order valence-electron chi connectivity index (χ4n) is 1.93. The Morgan fingerprint density at radius 2 is 2.17 bits per heavy atom. The number of aliphatic hydroxyl groups excluding tert-OH is 1. The van der Waals surface area contributed by atoms with Gasteiger partial charge >= 0.3 is 0 Å². The van der Waals surface area contributed by atoms with Crippen LogP contribution in [0, 0.1) is 25.2 Å². The van der Waals surface area contributed by atoms with Crippen LogP contribution in [-0.2, 0) is 0 Å². The van der Waals surface area contributed by atoms with Gasteiger partial charge in [0.1, 0.15) is 11.9 Å². The van der Waals surface area contributed by atoms with Crippen LogP contribution in [0.15, 0.2) is 6.07 Å². The van der Waals surface area contributed by atoms with Gasteiger partial charge in [0.05, 0.1) is 5.56 Å². The summed E-state index contributed by atoms with van der Waals surface area (Å²) in [6, 6.07) is 4.09. The standard InChI is InChI=1S/C14H21N3O/c1-5-14(4,6-7-18)17-13-12(9-15)10(2)8-11(3)16-13/h8,18H,5-7H2,1-4H3,(H,16,17). The molecular formula is C14H21N3O. The molecule has 0 radical (unpaired) electrons. The molecular weight excluding hydrogens is 226 g/mol. The van der Waals surface area contributed by atoms with Gasteiger partial charge in [-0.25, -0.2) is 4.98 Å². The highest BCUT2D eigenvalue weighted by atomic mass is 16.3. The quantitative estimate of drug-likeness (QED) is 0.839. The molecule has 1 aromatic rings. The van der Waals surface area contributed by atoms with Crippen molar-refractivity contribution in [3.05, 3.63) is 22.9 Å². The first-order chi connectivity index (χ1) is 8.45. The fourth-order valence-corrected chi connectivity index (χ4v) is 1.93. The Morgan fingerprint density at radius 3 is 2.67 bits per heavy atom. The lowest BCUT2D eigenvalue weighted by Gasteiger charge is -2.30. The minimum atomic E-state index is -0.242. The van der Waals surface area contributed by atoms with Crippen molar-refractivity contribution in [1.29, 1.82) is 5.26 Å². The van der Waals surface area contributed by atoms with Crippen molar-refractivity contribution in [2.24, 2.45) is 0 Å². The lowest BCUT2D eigenvalue weighted by molar-refractivity contribution is 0.252. The summed E-state index contributed by atoms with van der Waals surface area (Å²) in [6.45, 7) is 8.02. The molecule has 4 heteroatoms. The molecule has 0 saturated carbocycles. The van der Waals surface area contributed by atoms with E-state index in [1.54, 1.807) is 0 Å². The van der Waals surface area contributed by atoms with E-state index >= 15 is 0 Å². The van der Waals surface area contributed by atoms with E-state index in [1.807, 2.05) is 26.8 Å². The van der Waals surface area contributed by atoms with Crippen LogP contribution < -0.4 is 5.32 Å². The Balaban J connectivity index is 3.14. The van der Waals surface area contributed by atoms with Gasteiger partial charge in [0.25, 0.3) is 0 Å². The van der Waals surface area contributed by atoms with E-state index < -0.39 is 0 Å². The van der Waals surface area contributed by atoms with Crippen molar-refractivity contribution in [2.75, 3.05) is 11.9 Å². The topological polar surface area (TPSA) is 68.9 Å².